The lowest BCUT2D eigenvalue weighted by Gasteiger charge is -2.39. The Morgan fingerprint density at radius 3 is 2.29 bits per heavy atom. The van der Waals surface area contributed by atoms with Crippen LogP contribution in [0.15, 0.2) is 54.6 Å². The third kappa shape index (κ3) is 5.43. The number of amides is 1. The van der Waals surface area contributed by atoms with Gasteiger partial charge in [0.1, 0.15) is 11.9 Å². The molecule has 1 amide bonds. The number of halogens is 1. The van der Waals surface area contributed by atoms with Crippen molar-refractivity contribution in [1.29, 1.82) is 0 Å². The van der Waals surface area contributed by atoms with Gasteiger partial charge in [0.25, 0.3) is 0 Å². The van der Waals surface area contributed by atoms with Gasteiger partial charge in [-0.05, 0) is 49.1 Å². The van der Waals surface area contributed by atoms with Gasteiger partial charge in [-0.2, -0.15) is 0 Å². The molecule has 1 aliphatic heterocycles. The number of carbonyl (C=O) groups excluding carboxylic acids is 1. The van der Waals surface area contributed by atoms with Gasteiger partial charge in [0, 0.05) is 25.2 Å². The molecular weight excluding hydrogens is 419 g/mol. The first-order chi connectivity index (χ1) is 14.8. The van der Waals surface area contributed by atoms with Crippen LogP contribution in [-0.4, -0.2) is 46.4 Å². The molecule has 1 aliphatic rings. The molecule has 0 spiro atoms. The summed E-state index contributed by atoms with van der Waals surface area (Å²) in [5, 5.41) is 3.00. The number of sulfonamides is 1. The first-order valence-corrected chi connectivity index (χ1v) is 12.3. The molecule has 1 heterocycles. The van der Waals surface area contributed by atoms with E-state index >= 15 is 0 Å². The molecule has 168 valence electrons. The number of hydrogen-bond donors (Lipinski definition) is 1. The zero-order chi connectivity index (χ0) is 22.5. The first-order valence-electron chi connectivity index (χ1n) is 10.4. The summed E-state index contributed by atoms with van der Waals surface area (Å²) in [6.07, 6.45) is 2.86. The van der Waals surface area contributed by atoms with Gasteiger partial charge in [-0.1, -0.05) is 37.3 Å². The highest BCUT2D eigenvalue weighted by molar-refractivity contribution is 7.92. The molecule has 0 aliphatic carbocycles. The fourth-order valence-corrected chi connectivity index (χ4v) is 5.36. The highest BCUT2D eigenvalue weighted by Gasteiger charge is 2.37. The monoisotopic (exact) mass is 448 g/mol. The maximum Gasteiger partial charge on any atom is 0.243 e. The van der Waals surface area contributed by atoms with Crippen molar-refractivity contribution in [3.63, 3.8) is 0 Å². The molecule has 1 atom stereocenters. The molecule has 6 nitrogen and oxygen atoms in total. The van der Waals surface area contributed by atoms with Crippen LogP contribution < -0.4 is 9.62 Å². The summed E-state index contributed by atoms with van der Waals surface area (Å²) in [4.78, 5) is 13.2. The van der Waals surface area contributed by atoms with E-state index < -0.39 is 21.9 Å². The number of nitrogens with zero attached hydrogens (tertiary/aromatic N) is 1. The normalized spacial score (nSPS) is 17.0. The van der Waals surface area contributed by atoms with Gasteiger partial charge in [-0.3, -0.25) is 9.10 Å². The number of rotatable bonds is 8. The molecule has 2 aromatic carbocycles. The number of anilines is 1. The fraction of sp³-hybridized carbons (Fsp3) is 0.435. The Morgan fingerprint density at radius 2 is 1.74 bits per heavy atom. The van der Waals surface area contributed by atoms with Gasteiger partial charge in [0.15, 0.2) is 0 Å². The summed E-state index contributed by atoms with van der Waals surface area (Å²) in [6, 6.07) is 14.2. The Balaban J connectivity index is 1.84. The molecule has 0 unspecified atom stereocenters. The molecule has 0 aromatic heterocycles. The van der Waals surface area contributed by atoms with Gasteiger partial charge in [0.05, 0.1) is 11.9 Å². The van der Waals surface area contributed by atoms with Crippen LogP contribution >= 0.6 is 0 Å². The average Bonchev–Trinajstić information content (AvgIpc) is 2.77. The summed E-state index contributed by atoms with van der Waals surface area (Å²) in [5.74, 6) is -0.849. The number of hydrogen-bond acceptors (Lipinski definition) is 4. The SMILES string of the molecule is CC[C@@H](C(=O)NCC1(c2ccccc2)CCOCC1)N(c1ccc(F)cc1)S(C)(=O)=O. The van der Waals surface area contributed by atoms with E-state index in [-0.39, 0.29) is 23.4 Å². The predicted molar refractivity (Wildman–Crippen MR) is 119 cm³/mol. The van der Waals surface area contributed by atoms with Crippen LogP contribution in [0, 0.1) is 5.82 Å². The molecule has 1 saturated heterocycles. The number of ether oxygens (including phenoxy) is 1. The number of carbonyl (C=O) groups is 1. The first kappa shape index (κ1) is 23.2. The number of nitrogens with one attached hydrogen (secondary N) is 1. The van der Waals surface area contributed by atoms with E-state index in [0.29, 0.717) is 19.8 Å². The highest BCUT2D eigenvalue weighted by Crippen LogP contribution is 2.34. The van der Waals surface area contributed by atoms with Crippen molar-refractivity contribution in [2.45, 2.75) is 37.6 Å². The van der Waals surface area contributed by atoms with Crippen LogP contribution in [0.1, 0.15) is 31.7 Å². The van der Waals surface area contributed by atoms with Crippen molar-refractivity contribution in [3.05, 3.63) is 66.0 Å². The minimum atomic E-state index is -3.77. The van der Waals surface area contributed by atoms with E-state index in [1.165, 1.54) is 24.3 Å². The van der Waals surface area contributed by atoms with Crippen LogP contribution in [-0.2, 0) is 25.0 Å². The molecule has 0 radical (unpaired) electrons. The summed E-state index contributed by atoms with van der Waals surface area (Å²) in [7, 11) is -3.77. The molecule has 8 heteroatoms. The Hall–Kier alpha value is -2.45. The maximum absolute atomic E-state index is 13.4. The molecule has 0 bridgehead atoms. The quantitative estimate of drug-likeness (QED) is 0.673. The van der Waals surface area contributed by atoms with Crippen molar-refractivity contribution in [2.75, 3.05) is 30.3 Å². The summed E-state index contributed by atoms with van der Waals surface area (Å²) in [5.41, 5.74) is 1.12. The number of benzene rings is 2. The van der Waals surface area contributed by atoms with Crippen LogP contribution in [0.25, 0.3) is 0 Å². The zero-order valence-electron chi connectivity index (χ0n) is 17.9. The largest absolute Gasteiger partial charge is 0.381 e. The minimum absolute atomic E-state index is 0.259. The second-order valence-corrected chi connectivity index (χ2v) is 9.80. The second-order valence-electron chi connectivity index (χ2n) is 7.94. The molecule has 1 N–H and O–H groups in total. The van der Waals surface area contributed by atoms with E-state index in [4.69, 9.17) is 4.74 Å². The lowest BCUT2D eigenvalue weighted by Crippen LogP contribution is -2.52. The van der Waals surface area contributed by atoms with Crippen LogP contribution in [0.5, 0.6) is 0 Å². The van der Waals surface area contributed by atoms with Crippen LogP contribution in [0.4, 0.5) is 10.1 Å². The third-order valence-corrected chi connectivity index (χ3v) is 7.03. The van der Waals surface area contributed by atoms with Gasteiger partial charge < -0.3 is 10.1 Å². The zero-order valence-corrected chi connectivity index (χ0v) is 18.7. The topological polar surface area (TPSA) is 75.7 Å². The van der Waals surface area contributed by atoms with E-state index in [0.717, 1.165) is 29.0 Å². The fourth-order valence-electron chi connectivity index (χ4n) is 4.14. The Morgan fingerprint density at radius 1 is 1.13 bits per heavy atom. The van der Waals surface area contributed by atoms with Crippen molar-refractivity contribution in [3.8, 4) is 0 Å². The molecule has 31 heavy (non-hydrogen) atoms. The van der Waals surface area contributed by atoms with Crippen molar-refractivity contribution < 1.29 is 22.3 Å². The van der Waals surface area contributed by atoms with Gasteiger partial charge in [-0.15, -0.1) is 0 Å². The van der Waals surface area contributed by atoms with E-state index in [9.17, 15) is 17.6 Å². The van der Waals surface area contributed by atoms with E-state index in [1.807, 2.05) is 18.2 Å². The predicted octanol–water partition coefficient (Wildman–Crippen LogP) is 3.23. The molecular formula is C23H29FN2O4S. The maximum atomic E-state index is 13.4. The van der Waals surface area contributed by atoms with Gasteiger partial charge in [0.2, 0.25) is 15.9 Å². The lowest BCUT2D eigenvalue weighted by molar-refractivity contribution is -0.122. The molecule has 0 saturated carbocycles. The highest BCUT2D eigenvalue weighted by atomic mass is 32.2. The minimum Gasteiger partial charge on any atom is -0.381 e. The van der Waals surface area contributed by atoms with Crippen molar-refractivity contribution in [1.82, 2.24) is 5.32 Å². The third-order valence-electron chi connectivity index (χ3n) is 5.85. The van der Waals surface area contributed by atoms with Crippen LogP contribution in [0.2, 0.25) is 0 Å². The van der Waals surface area contributed by atoms with Crippen molar-refractivity contribution in [2.24, 2.45) is 0 Å². The van der Waals surface area contributed by atoms with Gasteiger partial charge >= 0.3 is 0 Å². The molecule has 3 rings (SSSR count). The Labute approximate surface area is 183 Å². The molecule has 1 fully saturated rings. The van der Waals surface area contributed by atoms with Gasteiger partial charge in [-0.25, -0.2) is 12.8 Å². The standard InChI is InChI=1S/C23H29FN2O4S/c1-3-21(26(31(2,28)29)20-11-9-19(24)10-12-20)22(27)25-17-23(13-15-30-16-14-23)18-7-5-4-6-8-18/h4-12,21H,3,13-17H2,1-2H3,(H,25,27)/t21-/m0/s1. The average molecular weight is 449 g/mol. The second kappa shape index (κ2) is 9.78. The smallest absolute Gasteiger partial charge is 0.243 e. The van der Waals surface area contributed by atoms with Crippen molar-refractivity contribution >= 4 is 21.6 Å². The van der Waals surface area contributed by atoms with Crippen LogP contribution in [0.3, 0.4) is 0 Å². The summed E-state index contributed by atoms with van der Waals surface area (Å²) >= 11 is 0. The molecule has 2 aromatic rings. The Kier molecular flexibility index (Phi) is 7.33. The summed E-state index contributed by atoms with van der Waals surface area (Å²) < 4.78 is 45.1. The van der Waals surface area contributed by atoms with E-state index in [2.05, 4.69) is 17.4 Å². The lowest BCUT2D eigenvalue weighted by atomic mass is 9.74. The Bertz CT molecular complexity index is 974. The summed E-state index contributed by atoms with van der Waals surface area (Å²) in [6.45, 7) is 3.35. The van der Waals surface area contributed by atoms with E-state index in [1.54, 1.807) is 6.92 Å².